The van der Waals surface area contributed by atoms with Gasteiger partial charge < -0.3 is 20.1 Å². The number of ether oxygens (including phenoxy) is 2. The zero-order valence-electron chi connectivity index (χ0n) is 16.6. The van der Waals surface area contributed by atoms with Crippen LogP contribution in [0, 0.1) is 6.92 Å². The van der Waals surface area contributed by atoms with E-state index < -0.39 is 18.0 Å². The minimum absolute atomic E-state index is 0.0342. The van der Waals surface area contributed by atoms with E-state index in [2.05, 4.69) is 10.6 Å². The van der Waals surface area contributed by atoms with Gasteiger partial charge in [-0.25, -0.2) is 0 Å². The minimum atomic E-state index is -0.978. The van der Waals surface area contributed by atoms with Crippen LogP contribution in [-0.4, -0.2) is 42.5 Å². The third-order valence-corrected chi connectivity index (χ3v) is 4.70. The van der Waals surface area contributed by atoms with Crippen molar-refractivity contribution in [2.75, 3.05) is 29.2 Å². The van der Waals surface area contributed by atoms with Gasteiger partial charge in [0.25, 0.3) is 5.91 Å². The summed E-state index contributed by atoms with van der Waals surface area (Å²) in [6.45, 7) is 3.42. The molecular weight excluding hydrogens is 392 g/mol. The van der Waals surface area contributed by atoms with Gasteiger partial charge in [0.2, 0.25) is 5.91 Å². The lowest BCUT2D eigenvalue weighted by molar-refractivity contribution is -0.150. The molecule has 0 spiro atoms. The van der Waals surface area contributed by atoms with Crippen molar-refractivity contribution < 1.29 is 23.9 Å². The predicted molar refractivity (Wildman–Crippen MR) is 114 cm³/mol. The molecule has 0 bridgehead atoms. The fourth-order valence-electron chi connectivity index (χ4n) is 2.41. The second kappa shape index (κ2) is 11.1. The third-order valence-electron chi connectivity index (χ3n) is 3.80. The molecule has 0 saturated heterocycles. The van der Waals surface area contributed by atoms with E-state index in [1.165, 1.54) is 14.0 Å². The first kappa shape index (κ1) is 22.3. The summed E-state index contributed by atoms with van der Waals surface area (Å²) in [7, 11) is 1.50. The number of carbonyl (C=O) groups excluding carboxylic acids is 3. The number of anilines is 2. The van der Waals surface area contributed by atoms with E-state index in [1.54, 1.807) is 30.3 Å². The van der Waals surface area contributed by atoms with E-state index in [4.69, 9.17) is 9.47 Å². The Morgan fingerprint density at radius 3 is 2.52 bits per heavy atom. The molecule has 0 radical (unpaired) electrons. The summed E-state index contributed by atoms with van der Waals surface area (Å²) < 4.78 is 10.3. The quantitative estimate of drug-likeness (QED) is 0.610. The van der Waals surface area contributed by atoms with E-state index in [1.807, 2.05) is 25.1 Å². The molecule has 0 aliphatic heterocycles. The van der Waals surface area contributed by atoms with E-state index in [0.717, 1.165) is 17.3 Å². The Morgan fingerprint density at radius 1 is 1.03 bits per heavy atom. The van der Waals surface area contributed by atoms with E-state index in [0.29, 0.717) is 17.1 Å². The Hall–Kier alpha value is -3.00. The molecular formula is C21H24N2O5S. The van der Waals surface area contributed by atoms with Gasteiger partial charge in [0.05, 0.1) is 24.3 Å². The second-order valence-corrected chi connectivity index (χ2v) is 7.22. The number of hydrogen-bond acceptors (Lipinski definition) is 6. The number of nitrogens with one attached hydrogen (secondary N) is 2. The number of aryl methyl sites for hydroxylation is 1. The van der Waals surface area contributed by atoms with E-state index in [-0.39, 0.29) is 17.4 Å². The number of carbonyl (C=O) groups is 3. The molecule has 2 rings (SSSR count). The van der Waals surface area contributed by atoms with Gasteiger partial charge in [0.15, 0.2) is 6.10 Å². The van der Waals surface area contributed by atoms with Crippen molar-refractivity contribution >= 4 is 40.9 Å². The Kier molecular flexibility index (Phi) is 8.54. The van der Waals surface area contributed by atoms with Gasteiger partial charge in [-0.2, -0.15) is 0 Å². The summed E-state index contributed by atoms with van der Waals surface area (Å²) in [5.41, 5.74) is 2.24. The zero-order chi connectivity index (χ0) is 21.2. The number of esters is 1. The highest BCUT2D eigenvalue weighted by atomic mass is 32.2. The van der Waals surface area contributed by atoms with Crippen LogP contribution in [0.4, 0.5) is 11.4 Å². The summed E-state index contributed by atoms with van der Waals surface area (Å²) in [6.07, 6.45) is -0.978. The molecule has 2 aromatic rings. The topological polar surface area (TPSA) is 93.7 Å². The Balaban J connectivity index is 1.72. The normalized spacial score (nSPS) is 11.3. The maximum absolute atomic E-state index is 12.2. The van der Waals surface area contributed by atoms with E-state index in [9.17, 15) is 14.4 Å². The summed E-state index contributed by atoms with van der Waals surface area (Å²) in [5, 5.41) is 5.43. The number of amides is 2. The predicted octanol–water partition coefficient (Wildman–Crippen LogP) is 3.25. The fraction of sp³-hybridized carbons (Fsp3) is 0.286. The first-order chi connectivity index (χ1) is 13.9. The van der Waals surface area contributed by atoms with Crippen LogP contribution < -0.4 is 15.4 Å². The van der Waals surface area contributed by atoms with Crippen molar-refractivity contribution in [3.05, 3.63) is 54.1 Å². The highest BCUT2D eigenvalue weighted by molar-refractivity contribution is 8.00. The summed E-state index contributed by atoms with van der Waals surface area (Å²) in [5.74, 6) is -0.672. The third kappa shape index (κ3) is 7.50. The van der Waals surface area contributed by atoms with Crippen LogP contribution >= 0.6 is 11.8 Å². The SMILES string of the molecule is COc1ccccc1NC(=O)[C@@H](C)OC(=O)CSCC(=O)Nc1cccc(C)c1. The van der Waals surface area contributed by atoms with Crippen LogP contribution in [0.25, 0.3) is 0 Å². The number of hydrogen-bond donors (Lipinski definition) is 2. The van der Waals surface area contributed by atoms with Crippen LogP contribution in [0.3, 0.4) is 0 Å². The van der Waals surface area contributed by atoms with Crippen molar-refractivity contribution in [1.29, 1.82) is 0 Å². The molecule has 0 aliphatic rings. The van der Waals surface area contributed by atoms with Crippen LogP contribution in [0.1, 0.15) is 12.5 Å². The molecule has 154 valence electrons. The standard InChI is InChI=1S/C21H24N2O5S/c1-14-7-6-8-16(11-14)22-19(24)12-29-13-20(25)28-15(2)21(26)23-17-9-4-5-10-18(17)27-3/h4-11,15H,12-13H2,1-3H3,(H,22,24)(H,23,26)/t15-/m1/s1. The molecule has 7 nitrogen and oxygen atoms in total. The van der Waals surface area contributed by atoms with Crippen LogP contribution in [0.5, 0.6) is 5.75 Å². The number of methoxy groups -OCH3 is 1. The monoisotopic (exact) mass is 416 g/mol. The molecule has 8 heteroatoms. The van der Waals surface area contributed by atoms with Gasteiger partial charge in [0, 0.05) is 5.69 Å². The first-order valence-electron chi connectivity index (χ1n) is 8.96. The molecule has 0 saturated carbocycles. The van der Waals surface area contributed by atoms with Crippen LogP contribution in [0.2, 0.25) is 0 Å². The largest absolute Gasteiger partial charge is 0.495 e. The first-order valence-corrected chi connectivity index (χ1v) is 10.1. The molecule has 0 heterocycles. The van der Waals surface area contributed by atoms with Gasteiger partial charge in [-0.05, 0) is 43.7 Å². The second-order valence-electron chi connectivity index (χ2n) is 6.23. The molecule has 0 aliphatic carbocycles. The van der Waals surface area contributed by atoms with Crippen molar-refractivity contribution in [2.45, 2.75) is 20.0 Å². The van der Waals surface area contributed by atoms with Gasteiger partial charge in [0.1, 0.15) is 5.75 Å². The van der Waals surface area contributed by atoms with Crippen molar-refractivity contribution in [2.24, 2.45) is 0 Å². The minimum Gasteiger partial charge on any atom is -0.495 e. The highest BCUT2D eigenvalue weighted by Crippen LogP contribution is 2.23. The van der Waals surface area contributed by atoms with E-state index >= 15 is 0 Å². The van der Waals surface area contributed by atoms with Crippen LogP contribution in [-0.2, 0) is 19.1 Å². The average Bonchev–Trinajstić information content (AvgIpc) is 2.68. The lowest BCUT2D eigenvalue weighted by Gasteiger charge is -2.15. The molecule has 0 fully saturated rings. The zero-order valence-corrected chi connectivity index (χ0v) is 17.4. The summed E-state index contributed by atoms with van der Waals surface area (Å²) in [6, 6.07) is 14.4. The lowest BCUT2D eigenvalue weighted by Crippen LogP contribution is -2.30. The van der Waals surface area contributed by atoms with Gasteiger partial charge in [-0.1, -0.05) is 24.3 Å². The van der Waals surface area contributed by atoms with Crippen molar-refractivity contribution in [3.8, 4) is 5.75 Å². The van der Waals surface area contributed by atoms with Crippen molar-refractivity contribution in [3.63, 3.8) is 0 Å². The maximum atomic E-state index is 12.2. The summed E-state index contributed by atoms with van der Waals surface area (Å²) >= 11 is 1.12. The molecule has 2 amide bonds. The molecule has 0 unspecified atom stereocenters. The molecule has 2 aromatic carbocycles. The lowest BCUT2D eigenvalue weighted by atomic mass is 10.2. The molecule has 29 heavy (non-hydrogen) atoms. The smallest absolute Gasteiger partial charge is 0.316 e. The Bertz CT molecular complexity index is 872. The highest BCUT2D eigenvalue weighted by Gasteiger charge is 2.19. The number of para-hydroxylation sites is 2. The average molecular weight is 416 g/mol. The van der Waals surface area contributed by atoms with Crippen molar-refractivity contribution in [1.82, 2.24) is 0 Å². The van der Waals surface area contributed by atoms with Gasteiger partial charge in [-0.3, -0.25) is 14.4 Å². The number of thioether (sulfide) groups is 1. The summed E-state index contributed by atoms with van der Waals surface area (Å²) in [4.78, 5) is 36.1. The maximum Gasteiger partial charge on any atom is 0.316 e. The Morgan fingerprint density at radius 2 is 1.79 bits per heavy atom. The van der Waals surface area contributed by atoms with Crippen LogP contribution in [0.15, 0.2) is 48.5 Å². The number of rotatable bonds is 9. The fourth-order valence-corrected chi connectivity index (χ4v) is 3.01. The van der Waals surface area contributed by atoms with Gasteiger partial charge >= 0.3 is 5.97 Å². The number of benzene rings is 2. The Labute approximate surface area is 174 Å². The molecule has 2 N–H and O–H groups in total. The molecule has 1 atom stereocenters. The molecule has 0 aromatic heterocycles. The van der Waals surface area contributed by atoms with Gasteiger partial charge in [-0.15, -0.1) is 11.8 Å².